The summed E-state index contributed by atoms with van der Waals surface area (Å²) in [6.45, 7) is 1.81. The molecule has 0 atom stereocenters. The highest BCUT2D eigenvalue weighted by atomic mass is 16.1. The van der Waals surface area contributed by atoms with Crippen molar-refractivity contribution in [3.63, 3.8) is 0 Å². The van der Waals surface area contributed by atoms with Crippen LogP contribution in [0.3, 0.4) is 0 Å². The summed E-state index contributed by atoms with van der Waals surface area (Å²) in [5, 5.41) is 0. The molecule has 0 bridgehead atoms. The molecule has 0 saturated heterocycles. The van der Waals surface area contributed by atoms with Gasteiger partial charge in [-0.1, -0.05) is 6.92 Å². The Morgan fingerprint density at radius 3 is 2.18 bits per heavy atom. The van der Waals surface area contributed by atoms with E-state index in [9.17, 15) is 4.79 Å². The number of rotatable bonds is 1. The number of nitrogens with two attached hydrogens (primary N) is 1. The zero-order valence-electron chi connectivity index (χ0n) is 6.53. The Morgan fingerprint density at radius 1 is 1.55 bits per heavy atom. The number of hydrogen-bond acceptors (Lipinski definition) is 3. The molecule has 0 amide bonds. The third-order valence-electron chi connectivity index (χ3n) is 0.873. The molecule has 1 heterocycles. The summed E-state index contributed by atoms with van der Waals surface area (Å²) in [6.07, 6.45) is 4.84. The van der Waals surface area contributed by atoms with Gasteiger partial charge in [0.2, 0.25) is 0 Å². The molecular weight excluding hydrogens is 140 g/mol. The molecule has 0 aliphatic heterocycles. The summed E-state index contributed by atoms with van der Waals surface area (Å²) >= 11 is 0. The number of carbonyl (C=O) groups is 1. The van der Waals surface area contributed by atoms with Gasteiger partial charge in [-0.25, -0.2) is 0 Å². The zero-order chi connectivity index (χ0) is 8.53. The first-order chi connectivity index (χ1) is 5.31. The zero-order valence-corrected chi connectivity index (χ0v) is 6.53. The monoisotopic (exact) mass is 152 g/mol. The Morgan fingerprint density at radius 2 is 2.00 bits per heavy atom. The minimum atomic E-state index is 0.639. The number of nitrogen functional groups attached to an aromatic ring is 1. The normalized spacial score (nSPS) is 7.73. The summed E-state index contributed by atoms with van der Waals surface area (Å²) in [7, 11) is 0. The number of aromatic nitrogens is 1. The van der Waals surface area contributed by atoms with Crippen LogP contribution in [0.2, 0.25) is 0 Å². The third kappa shape index (κ3) is 6.51. The number of nitrogens with zero attached hydrogens (tertiary/aromatic N) is 1. The van der Waals surface area contributed by atoms with E-state index in [0.29, 0.717) is 6.42 Å². The van der Waals surface area contributed by atoms with Crippen LogP contribution in [-0.4, -0.2) is 11.3 Å². The second-order valence-electron chi connectivity index (χ2n) is 1.86. The molecule has 60 valence electrons. The van der Waals surface area contributed by atoms with Crippen molar-refractivity contribution in [2.45, 2.75) is 13.3 Å². The van der Waals surface area contributed by atoms with E-state index in [-0.39, 0.29) is 0 Å². The highest BCUT2D eigenvalue weighted by Crippen LogP contribution is 1.92. The Kier molecular flexibility index (Phi) is 5.89. The van der Waals surface area contributed by atoms with E-state index in [4.69, 9.17) is 5.73 Å². The van der Waals surface area contributed by atoms with Crippen LogP contribution in [0.4, 0.5) is 5.69 Å². The molecule has 3 heteroatoms. The maximum absolute atomic E-state index is 9.17. The van der Waals surface area contributed by atoms with Gasteiger partial charge in [0.1, 0.15) is 6.29 Å². The average molecular weight is 152 g/mol. The van der Waals surface area contributed by atoms with Gasteiger partial charge in [-0.2, -0.15) is 0 Å². The minimum Gasteiger partial charge on any atom is -0.399 e. The standard InChI is InChI=1S/C5H6N2.C3H6O/c6-5-1-3-7-4-2-5;1-2-3-4/h1-4H,(H2,6,7);3H,2H2,1H3. The molecule has 0 aliphatic rings. The molecule has 11 heavy (non-hydrogen) atoms. The molecule has 0 aliphatic carbocycles. The Labute approximate surface area is 66.3 Å². The van der Waals surface area contributed by atoms with Gasteiger partial charge < -0.3 is 10.5 Å². The molecule has 1 rings (SSSR count). The van der Waals surface area contributed by atoms with Crippen LogP contribution in [0, 0.1) is 0 Å². The summed E-state index contributed by atoms with van der Waals surface area (Å²) in [6, 6.07) is 3.50. The molecule has 0 radical (unpaired) electrons. The van der Waals surface area contributed by atoms with Gasteiger partial charge in [-0.3, -0.25) is 4.98 Å². The first kappa shape index (κ1) is 9.62. The molecule has 1 aromatic heterocycles. The average Bonchev–Trinajstić information content (AvgIpc) is 2.07. The highest BCUT2D eigenvalue weighted by molar-refractivity contribution is 5.48. The fourth-order valence-electron chi connectivity index (χ4n) is 0.363. The van der Waals surface area contributed by atoms with Crippen LogP contribution in [0.15, 0.2) is 24.5 Å². The largest absolute Gasteiger partial charge is 0.399 e. The maximum atomic E-state index is 9.17. The van der Waals surface area contributed by atoms with Crippen LogP contribution in [-0.2, 0) is 4.79 Å². The lowest BCUT2D eigenvalue weighted by Crippen LogP contribution is -1.81. The lowest BCUT2D eigenvalue weighted by Gasteiger charge is -1.83. The van der Waals surface area contributed by atoms with E-state index in [1.807, 2.05) is 6.92 Å². The number of anilines is 1. The lowest BCUT2D eigenvalue weighted by molar-refractivity contribution is -0.107. The number of pyridine rings is 1. The van der Waals surface area contributed by atoms with Crippen molar-refractivity contribution in [3.8, 4) is 0 Å². The predicted octanol–water partition coefficient (Wildman–Crippen LogP) is 1.26. The Hall–Kier alpha value is -1.38. The lowest BCUT2D eigenvalue weighted by atomic mass is 10.4. The summed E-state index contributed by atoms with van der Waals surface area (Å²) < 4.78 is 0. The quantitative estimate of drug-likeness (QED) is 0.616. The Balaban J connectivity index is 0.000000218. The smallest absolute Gasteiger partial charge is 0.119 e. The van der Waals surface area contributed by atoms with E-state index in [1.165, 1.54) is 0 Å². The molecule has 0 spiro atoms. The summed E-state index contributed by atoms with van der Waals surface area (Å²) in [5.74, 6) is 0. The van der Waals surface area contributed by atoms with E-state index in [0.717, 1.165) is 12.0 Å². The first-order valence-electron chi connectivity index (χ1n) is 3.40. The topological polar surface area (TPSA) is 56.0 Å². The van der Waals surface area contributed by atoms with Crippen molar-refractivity contribution >= 4 is 12.0 Å². The fraction of sp³-hybridized carbons (Fsp3) is 0.250. The van der Waals surface area contributed by atoms with Gasteiger partial charge in [-0.05, 0) is 12.1 Å². The van der Waals surface area contributed by atoms with Crippen LogP contribution in [0.5, 0.6) is 0 Å². The second kappa shape index (κ2) is 6.74. The maximum Gasteiger partial charge on any atom is 0.119 e. The molecular formula is C8H12N2O. The van der Waals surface area contributed by atoms with Crippen LogP contribution < -0.4 is 5.73 Å². The van der Waals surface area contributed by atoms with Gasteiger partial charge in [0.15, 0.2) is 0 Å². The summed E-state index contributed by atoms with van der Waals surface area (Å²) in [5.41, 5.74) is 6.08. The van der Waals surface area contributed by atoms with Crippen molar-refractivity contribution < 1.29 is 4.79 Å². The van der Waals surface area contributed by atoms with Crippen molar-refractivity contribution in [3.05, 3.63) is 24.5 Å². The van der Waals surface area contributed by atoms with E-state index in [1.54, 1.807) is 24.5 Å². The second-order valence-corrected chi connectivity index (χ2v) is 1.86. The van der Waals surface area contributed by atoms with E-state index < -0.39 is 0 Å². The Bertz CT molecular complexity index is 187. The van der Waals surface area contributed by atoms with Gasteiger partial charge >= 0.3 is 0 Å². The van der Waals surface area contributed by atoms with Crippen LogP contribution >= 0.6 is 0 Å². The SMILES string of the molecule is CCC=O.Nc1ccncc1. The van der Waals surface area contributed by atoms with E-state index >= 15 is 0 Å². The van der Waals surface area contributed by atoms with Gasteiger partial charge in [0, 0.05) is 24.5 Å². The van der Waals surface area contributed by atoms with Crippen molar-refractivity contribution in [2.24, 2.45) is 0 Å². The molecule has 0 saturated carbocycles. The molecule has 0 fully saturated rings. The van der Waals surface area contributed by atoms with Crippen LogP contribution in [0.1, 0.15) is 13.3 Å². The third-order valence-corrected chi connectivity index (χ3v) is 0.873. The number of aldehydes is 1. The molecule has 0 unspecified atom stereocenters. The first-order valence-corrected chi connectivity index (χ1v) is 3.40. The van der Waals surface area contributed by atoms with Crippen molar-refractivity contribution in [2.75, 3.05) is 5.73 Å². The predicted molar refractivity (Wildman–Crippen MR) is 45.0 cm³/mol. The summed E-state index contributed by atoms with van der Waals surface area (Å²) in [4.78, 5) is 12.9. The number of carbonyl (C=O) groups excluding carboxylic acids is 1. The van der Waals surface area contributed by atoms with Gasteiger partial charge in [-0.15, -0.1) is 0 Å². The van der Waals surface area contributed by atoms with E-state index in [2.05, 4.69) is 4.98 Å². The van der Waals surface area contributed by atoms with Crippen molar-refractivity contribution in [1.29, 1.82) is 0 Å². The minimum absolute atomic E-state index is 0.639. The molecule has 2 N–H and O–H groups in total. The highest BCUT2D eigenvalue weighted by Gasteiger charge is 1.73. The number of hydrogen-bond donors (Lipinski definition) is 1. The van der Waals surface area contributed by atoms with Crippen molar-refractivity contribution in [1.82, 2.24) is 4.98 Å². The molecule has 1 aromatic rings. The fourth-order valence-corrected chi connectivity index (χ4v) is 0.363. The van der Waals surface area contributed by atoms with Gasteiger partial charge in [0.25, 0.3) is 0 Å². The molecule has 3 nitrogen and oxygen atoms in total. The van der Waals surface area contributed by atoms with Crippen LogP contribution in [0.25, 0.3) is 0 Å². The molecule has 0 aromatic carbocycles. The van der Waals surface area contributed by atoms with Gasteiger partial charge in [0.05, 0.1) is 0 Å².